The minimum Gasteiger partial charge on any atom is -0.455 e. The highest BCUT2D eigenvalue weighted by Crippen LogP contribution is 2.64. The average Bonchev–Trinajstić information content (AvgIpc) is 3.24. The first-order chi connectivity index (χ1) is 14.0. The summed E-state index contributed by atoms with van der Waals surface area (Å²) in [5, 5.41) is 2.56. The van der Waals surface area contributed by atoms with Gasteiger partial charge in [0, 0.05) is 28.7 Å². The van der Waals surface area contributed by atoms with Crippen molar-refractivity contribution in [3.8, 4) is 0 Å². The van der Waals surface area contributed by atoms with E-state index in [2.05, 4.69) is 5.32 Å². The number of alkyl halides is 2. The summed E-state index contributed by atoms with van der Waals surface area (Å²) in [6.45, 7) is 0.968. The Morgan fingerprint density at radius 2 is 1.57 bits per heavy atom. The van der Waals surface area contributed by atoms with Crippen molar-refractivity contribution in [1.29, 1.82) is 0 Å². The molecule has 0 aliphatic heterocycles. The third-order valence-corrected chi connectivity index (χ3v) is 6.74. The van der Waals surface area contributed by atoms with Crippen LogP contribution in [0.4, 0.5) is 5.69 Å². The maximum atomic E-state index is 12.8. The van der Waals surface area contributed by atoms with Crippen LogP contribution in [0.5, 0.6) is 0 Å². The second-order valence-corrected chi connectivity index (χ2v) is 9.31. The third kappa shape index (κ3) is 3.29. The van der Waals surface area contributed by atoms with E-state index >= 15 is 0 Å². The van der Waals surface area contributed by atoms with Crippen LogP contribution in [0, 0.1) is 5.41 Å². The molecule has 0 radical (unpaired) electrons. The Labute approximate surface area is 186 Å². The predicted molar refractivity (Wildman–Crippen MR) is 112 cm³/mol. The van der Waals surface area contributed by atoms with Crippen molar-refractivity contribution < 1.29 is 23.9 Å². The summed E-state index contributed by atoms with van der Waals surface area (Å²) in [5.74, 6) is -2.02. The van der Waals surface area contributed by atoms with Gasteiger partial charge in [0.15, 0.2) is 18.2 Å². The van der Waals surface area contributed by atoms with E-state index in [-0.39, 0.29) is 45.4 Å². The van der Waals surface area contributed by atoms with Crippen molar-refractivity contribution in [1.82, 2.24) is 0 Å². The topological polar surface area (TPSA) is 89.5 Å². The Hall–Kier alpha value is -2.41. The smallest absolute Gasteiger partial charge is 0.315 e. The molecule has 0 heterocycles. The Morgan fingerprint density at radius 3 is 2.10 bits per heavy atom. The van der Waals surface area contributed by atoms with Crippen LogP contribution in [-0.2, 0) is 14.3 Å². The second kappa shape index (κ2) is 7.08. The first-order valence-corrected chi connectivity index (χ1v) is 10.1. The number of ether oxygens (including phenoxy) is 1. The zero-order chi connectivity index (χ0) is 21.8. The van der Waals surface area contributed by atoms with E-state index in [0.717, 1.165) is 0 Å². The number of esters is 1. The molecule has 1 amide bonds. The molecule has 9 heteroatoms. The number of rotatable bonds is 4. The summed E-state index contributed by atoms with van der Waals surface area (Å²) < 4.78 is 3.79. The van der Waals surface area contributed by atoms with E-state index in [0.29, 0.717) is 5.56 Å². The SMILES string of the molecule is CC1(C(=O)OCC(=O)Nc2cc3c(cc2Cl)C(=O)c2ccccc2C3=O)CC1(Cl)Cl. The van der Waals surface area contributed by atoms with Crippen molar-refractivity contribution in [3.05, 3.63) is 63.7 Å². The van der Waals surface area contributed by atoms with E-state index in [4.69, 9.17) is 39.5 Å². The van der Waals surface area contributed by atoms with Gasteiger partial charge in [0.05, 0.1) is 10.7 Å². The highest BCUT2D eigenvalue weighted by atomic mass is 35.5. The molecule has 2 aliphatic rings. The van der Waals surface area contributed by atoms with Gasteiger partial charge in [0.25, 0.3) is 5.91 Å². The molecule has 0 aromatic heterocycles. The third-order valence-electron chi connectivity index (χ3n) is 5.33. The summed E-state index contributed by atoms with van der Waals surface area (Å²) in [7, 11) is 0. The number of carbonyl (C=O) groups excluding carboxylic acids is 4. The monoisotopic (exact) mass is 465 g/mol. The molecule has 4 rings (SSSR count). The fourth-order valence-corrected chi connectivity index (χ4v) is 4.21. The van der Waals surface area contributed by atoms with Crippen LogP contribution in [0.3, 0.4) is 0 Å². The van der Waals surface area contributed by atoms with Crippen LogP contribution < -0.4 is 5.32 Å². The van der Waals surface area contributed by atoms with E-state index in [1.165, 1.54) is 12.1 Å². The highest BCUT2D eigenvalue weighted by Gasteiger charge is 2.69. The minimum absolute atomic E-state index is 0.0728. The number of hydrogen-bond acceptors (Lipinski definition) is 5. The normalized spacial score (nSPS) is 20.8. The maximum absolute atomic E-state index is 12.8. The second-order valence-electron chi connectivity index (χ2n) is 7.42. The lowest BCUT2D eigenvalue weighted by atomic mass is 9.84. The molecule has 1 N–H and O–H groups in total. The van der Waals surface area contributed by atoms with Crippen LogP contribution in [0.25, 0.3) is 0 Å². The lowest BCUT2D eigenvalue weighted by Gasteiger charge is -2.19. The number of carbonyl (C=O) groups is 4. The fourth-order valence-electron chi connectivity index (χ4n) is 3.31. The lowest BCUT2D eigenvalue weighted by molar-refractivity contribution is -0.152. The quantitative estimate of drug-likeness (QED) is 0.460. The number of amides is 1. The molecule has 0 spiro atoms. The summed E-state index contributed by atoms with van der Waals surface area (Å²) in [6.07, 6.45) is 0.234. The van der Waals surface area contributed by atoms with Crippen LogP contribution in [0.1, 0.15) is 45.2 Å². The minimum atomic E-state index is -1.20. The molecule has 1 unspecified atom stereocenters. The van der Waals surface area contributed by atoms with Crippen molar-refractivity contribution in [2.24, 2.45) is 5.41 Å². The van der Waals surface area contributed by atoms with Gasteiger partial charge in [-0.3, -0.25) is 19.2 Å². The lowest BCUT2D eigenvalue weighted by Crippen LogP contribution is -2.27. The van der Waals surface area contributed by atoms with E-state index in [9.17, 15) is 19.2 Å². The summed E-state index contributed by atoms with van der Waals surface area (Å²) in [6, 6.07) is 9.17. The molecule has 2 aliphatic carbocycles. The molecule has 30 heavy (non-hydrogen) atoms. The summed E-state index contributed by atoms with van der Waals surface area (Å²) >= 11 is 18.1. The molecular weight excluding hydrogens is 453 g/mol. The maximum Gasteiger partial charge on any atom is 0.315 e. The largest absolute Gasteiger partial charge is 0.455 e. The van der Waals surface area contributed by atoms with E-state index < -0.39 is 28.2 Å². The molecular formula is C21H14Cl3NO5. The summed E-state index contributed by atoms with van der Waals surface area (Å²) in [5.41, 5.74) is -0.0474. The zero-order valence-electron chi connectivity index (χ0n) is 15.6. The number of nitrogens with one attached hydrogen (secondary N) is 1. The molecule has 1 saturated carbocycles. The fraction of sp³-hybridized carbons (Fsp3) is 0.238. The Morgan fingerprint density at radius 1 is 1.03 bits per heavy atom. The van der Waals surface area contributed by atoms with Crippen molar-refractivity contribution in [3.63, 3.8) is 0 Å². The average molecular weight is 467 g/mol. The van der Waals surface area contributed by atoms with Gasteiger partial charge in [-0.25, -0.2) is 0 Å². The predicted octanol–water partition coefficient (Wildman–Crippen LogP) is 4.18. The number of anilines is 1. The van der Waals surface area contributed by atoms with E-state index in [1.807, 2.05) is 0 Å². The Bertz CT molecular complexity index is 1140. The van der Waals surface area contributed by atoms with Gasteiger partial charge >= 0.3 is 5.97 Å². The van der Waals surface area contributed by atoms with E-state index in [1.54, 1.807) is 31.2 Å². The molecule has 6 nitrogen and oxygen atoms in total. The van der Waals surface area contributed by atoms with Crippen LogP contribution in [-0.4, -0.2) is 34.4 Å². The number of fused-ring (bicyclic) bond motifs is 2. The molecule has 0 saturated heterocycles. The van der Waals surface area contributed by atoms with Gasteiger partial charge < -0.3 is 10.1 Å². The molecule has 154 valence electrons. The standard InChI is InChI=1S/C21H14Cl3NO5/c1-20(9-21(20,23)24)19(29)30-8-16(26)25-15-7-13-12(6-14(15)22)17(27)10-4-2-3-5-11(10)18(13)28/h2-7H,8-9H2,1H3,(H,25,26). The summed E-state index contributed by atoms with van der Waals surface area (Å²) in [4.78, 5) is 49.8. The highest BCUT2D eigenvalue weighted by molar-refractivity contribution is 6.53. The van der Waals surface area contributed by atoms with Gasteiger partial charge in [0.2, 0.25) is 0 Å². The molecule has 0 bridgehead atoms. The van der Waals surface area contributed by atoms with Crippen LogP contribution >= 0.6 is 34.8 Å². The Kier molecular flexibility index (Phi) is 4.92. The van der Waals surface area contributed by atoms with Gasteiger partial charge in [-0.15, -0.1) is 23.2 Å². The van der Waals surface area contributed by atoms with Gasteiger partial charge in [-0.1, -0.05) is 35.9 Å². The molecule has 1 atom stereocenters. The van der Waals surface area contributed by atoms with Crippen molar-refractivity contribution in [2.45, 2.75) is 17.7 Å². The van der Waals surface area contributed by atoms with Crippen molar-refractivity contribution in [2.75, 3.05) is 11.9 Å². The van der Waals surface area contributed by atoms with Gasteiger partial charge in [0.1, 0.15) is 9.75 Å². The first-order valence-electron chi connectivity index (χ1n) is 8.92. The van der Waals surface area contributed by atoms with Gasteiger partial charge in [-0.2, -0.15) is 0 Å². The first kappa shape index (κ1) is 20.8. The number of benzene rings is 2. The molecule has 2 aromatic rings. The molecule has 1 fully saturated rings. The van der Waals surface area contributed by atoms with Crippen LogP contribution in [0.2, 0.25) is 5.02 Å². The number of ketones is 2. The van der Waals surface area contributed by atoms with Gasteiger partial charge in [-0.05, 0) is 19.1 Å². The zero-order valence-corrected chi connectivity index (χ0v) is 17.8. The Balaban J connectivity index is 1.51. The van der Waals surface area contributed by atoms with Crippen LogP contribution in [0.15, 0.2) is 36.4 Å². The number of halogens is 3. The van der Waals surface area contributed by atoms with Crippen molar-refractivity contribution >= 4 is 63.9 Å². The number of hydrogen-bond donors (Lipinski definition) is 1. The molecule has 2 aromatic carbocycles.